The van der Waals surface area contributed by atoms with Crippen LogP contribution in [-0.2, 0) is 23.9 Å². The van der Waals surface area contributed by atoms with Crippen molar-refractivity contribution in [2.24, 2.45) is 5.73 Å². The Bertz CT molecular complexity index is 1130. The zero-order valence-electron chi connectivity index (χ0n) is 18.1. The van der Waals surface area contributed by atoms with Crippen LogP contribution < -0.4 is 5.73 Å². The minimum absolute atomic E-state index is 0.0975. The van der Waals surface area contributed by atoms with Crippen LogP contribution in [0.5, 0.6) is 0 Å². The summed E-state index contributed by atoms with van der Waals surface area (Å²) in [7, 11) is 0. The van der Waals surface area contributed by atoms with Gasteiger partial charge in [0.2, 0.25) is 0 Å². The highest BCUT2D eigenvalue weighted by Crippen LogP contribution is 2.46. The van der Waals surface area contributed by atoms with E-state index < -0.39 is 39.9 Å². The molecule has 2 N–H and O–H groups in total. The summed E-state index contributed by atoms with van der Waals surface area (Å²) in [5, 5.41) is 10.4. The molecule has 0 spiro atoms. The molecular formula is C23H21N3O7S. The number of β-lactam (4-membered cyclic amide) rings is 1. The number of carbonyl (C=O) groups excluding carboxylic acids is 3. The van der Waals surface area contributed by atoms with Gasteiger partial charge in [0.25, 0.3) is 0 Å². The molecule has 1 saturated heterocycles. The summed E-state index contributed by atoms with van der Waals surface area (Å²) in [4.78, 5) is 49.3. The Labute approximate surface area is 198 Å². The monoisotopic (exact) mass is 483 g/mol. The highest BCUT2D eigenvalue weighted by atomic mass is 32.2. The fraction of sp³-hybridized carbons (Fsp3) is 0.261. The average molecular weight is 484 g/mol. The SMILES string of the molecule is CC(=O)OCC1=C(C(=O)OC(c2ccccc2)c2ccccc2)N2C(=O)[C@@](N)([N+](=O)[O-])[C@H]2SC1. The Hall–Kier alpha value is -3.70. The second kappa shape index (κ2) is 9.27. The molecule has 34 heavy (non-hydrogen) atoms. The van der Waals surface area contributed by atoms with Gasteiger partial charge < -0.3 is 9.47 Å². The molecular weight excluding hydrogens is 462 g/mol. The lowest BCUT2D eigenvalue weighted by Crippen LogP contribution is -2.81. The van der Waals surface area contributed by atoms with E-state index in [1.54, 1.807) is 48.5 Å². The summed E-state index contributed by atoms with van der Waals surface area (Å²) < 4.78 is 10.9. The Morgan fingerprint density at radius 3 is 2.24 bits per heavy atom. The molecule has 2 aromatic carbocycles. The van der Waals surface area contributed by atoms with Crippen LogP contribution in [0.15, 0.2) is 71.9 Å². The van der Waals surface area contributed by atoms with Gasteiger partial charge in [-0.3, -0.25) is 30.3 Å². The van der Waals surface area contributed by atoms with Crippen LogP contribution in [0.25, 0.3) is 0 Å². The first-order valence-corrected chi connectivity index (χ1v) is 11.3. The predicted molar refractivity (Wildman–Crippen MR) is 121 cm³/mol. The zero-order chi connectivity index (χ0) is 24.5. The lowest BCUT2D eigenvalue weighted by atomic mass is 9.97. The molecule has 2 atom stereocenters. The number of carbonyl (C=O) groups is 3. The van der Waals surface area contributed by atoms with E-state index in [9.17, 15) is 24.5 Å². The van der Waals surface area contributed by atoms with Gasteiger partial charge in [0.1, 0.15) is 12.3 Å². The van der Waals surface area contributed by atoms with Gasteiger partial charge in [-0.15, -0.1) is 11.8 Å². The smallest absolute Gasteiger partial charge is 0.380 e. The first-order valence-electron chi connectivity index (χ1n) is 10.3. The van der Waals surface area contributed by atoms with Crippen LogP contribution in [0.4, 0.5) is 0 Å². The van der Waals surface area contributed by atoms with E-state index in [2.05, 4.69) is 0 Å². The number of fused-ring (bicyclic) bond motifs is 1. The fourth-order valence-electron chi connectivity index (χ4n) is 3.83. The zero-order valence-corrected chi connectivity index (χ0v) is 18.9. The predicted octanol–water partition coefficient (Wildman–Crippen LogP) is 1.98. The van der Waals surface area contributed by atoms with Crippen LogP contribution >= 0.6 is 11.8 Å². The van der Waals surface area contributed by atoms with Crippen molar-refractivity contribution < 1.29 is 28.8 Å². The number of thioether (sulfide) groups is 1. The molecule has 2 aliphatic heterocycles. The first kappa shape index (κ1) is 23.5. The highest BCUT2D eigenvalue weighted by molar-refractivity contribution is 8.00. The highest BCUT2D eigenvalue weighted by Gasteiger charge is 2.72. The number of benzene rings is 2. The lowest BCUT2D eigenvalue weighted by Gasteiger charge is -2.49. The Kier molecular flexibility index (Phi) is 6.40. The van der Waals surface area contributed by atoms with Crippen LogP contribution in [0.2, 0.25) is 0 Å². The summed E-state index contributed by atoms with van der Waals surface area (Å²) in [6.07, 6.45) is -0.806. The van der Waals surface area contributed by atoms with Crippen molar-refractivity contribution in [3.8, 4) is 0 Å². The van der Waals surface area contributed by atoms with Crippen LogP contribution in [-0.4, -0.2) is 51.1 Å². The van der Waals surface area contributed by atoms with Crippen molar-refractivity contribution in [3.05, 3.63) is 93.2 Å². The molecule has 0 radical (unpaired) electrons. The molecule has 2 heterocycles. The quantitative estimate of drug-likeness (QED) is 0.206. The molecule has 10 nitrogen and oxygen atoms in total. The van der Waals surface area contributed by atoms with Crippen molar-refractivity contribution in [2.45, 2.75) is 24.1 Å². The van der Waals surface area contributed by atoms with Crippen molar-refractivity contribution in [3.63, 3.8) is 0 Å². The molecule has 0 unspecified atom stereocenters. The van der Waals surface area contributed by atoms with Gasteiger partial charge in [-0.2, -0.15) is 0 Å². The number of nitrogens with zero attached hydrogens (tertiary/aromatic N) is 2. The minimum Gasteiger partial charge on any atom is -0.461 e. The summed E-state index contributed by atoms with van der Waals surface area (Å²) in [5.74, 6) is -2.38. The molecule has 2 aliphatic rings. The number of amides is 1. The minimum atomic E-state index is -2.35. The molecule has 0 bridgehead atoms. The molecule has 1 amide bonds. The van der Waals surface area contributed by atoms with E-state index in [4.69, 9.17) is 15.2 Å². The number of ether oxygens (including phenoxy) is 2. The Morgan fingerprint density at radius 1 is 1.18 bits per heavy atom. The molecule has 2 aromatic rings. The van der Waals surface area contributed by atoms with Crippen molar-refractivity contribution in [1.82, 2.24) is 4.90 Å². The van der Waals surface area contributed by atoms with Crippen LogP contribution in [0.3, 0.4) is 0 Å². The fourth-order valence-corrected chi connectivity index (χ4v) is 5.20. The Balaban J connectivity index is 1.71. The number of esters is 2. The largest absolute Gasteiger partial charge is 0.461 e. The van der Waals surface area contributed by atoms with Gasteiger partial charge >= 0.3 is 23.5 Å². The van der Waals surface area contributed by atoms with Gasteiger partial charge in [0.05, 0.1) is 4.92 Å². The van der Waals surface area contributed by atoms with Gasteiger partial charge in [0.15, 0.2) is 11.5 Å². The summed E-state index contributed by atoms with van der Waals surface area (Å²) in [5.41, 5.74) is 4.95. The Morgan fingerprint density at radius 2 is 1.74 bits per heavy atom. The molecule has 0 aromatic heterocycles. The summed E-state index contributed by atoms with van der Waals surface area (Å²) >= 11 is 1.03. The van der Waals surface area contributed by atoms with E-state index >= 15 is 0 Å². The summed E-state index contributed by atoms with van der Waals surface area (Å²) in [6.45, 7) is 0.950. The normalized spacial score (nSPS) is 21.6. The molecule has 0 aliphatic carbocycles. The van der Waals surface area contributed by atoms with E-state index in [1.807, 2.05) is 12.1 Å². The van der Waals surface area contributed by atoms with Crippen LogP contribution in [0.1, 0.15) is 24.2 Å². The van der Waals surface area contributed by atoms with Gasteiger partial charge in [0, 0.05) is 18.2 Å². The third-order valence-corrected chi connectivity index (χ3v) is 6.94. The topological polar surface area (TPSA) is 142 Å². The van der Waals surface area contributed by atoms with E-state index in [0.717, 1.165) is 16.7 Å². The van der Waals surface area contributed by atoms with E-state index in [0.29, 0.717) is 16.7 Å². The molecule has 1 fully saturated rings. The van der Waals surface area contributed by atoms with Gasteiger partial charge in [-0.05, 0) is 11.1 Å². The van der Waals surface area contributed by atoms with Gasteiger partial charge in [-0.25, -0.2) is 4.79 Å². The lowest BCUT2D eigenvalue weighted by molar-refractivity contribution is -0.566. The molecule has 0 saturated carbocycles. The molecule has 176 valence electrons. The maximum atomic E-state index is 13.5. The first-order chi connectivity index (χ1) is 16.2. The number of nitro groups is 1. The van der Waals surface area contributed by atoms with Crippen molar-refractivity contribution >= 4 is 29.6 Å². The van der Waals surface area contributed by atoms with E-state index in [-0.39, 0.29) is 18.1 Å². The van der Waals surface area contributed by atoms with E-state index in [1.165, 1.54) is 6.92 Å². The summed E-state index contributed by atoms with van der Waals surface area (Å²) in [6, 6.07) is 18.0. The number of nitrogens with two attached hydrogens (primary N) is 1. The molecule has 4 rings (SSSR count). The number of hydrogen-bond acceptors (Lipinski definition) is 9. The average Bonchev–Trinajstić information content (AvgIpc) is 2.85. The second-order valence-electron chi connectivity index (χ2n) is 7.76. The molecule has 11 heteroatoms. The maximum Gasteiger partial charge on any atom is 0.380 e. The number of rotatable bonds is 7. The number of hydrogen-bond donors (Lipinski definition) is 1. The maximum absolute atomic E-state index is 13.5. The van der Waals surface area contributed by atoms with Crippen molar-refractivity contribution in [2.75, 3.05) is 12.4 Å². The third kappa shape index (κ3) is 4.03. The van der Waals surface area contributed by atoms with Gasteiger partial charge in [-0.1, -0.05) is 60.7 Å². The third-order valence-electron chi connectivity index (χ3n) is 5.54. The standard InChI is InChI=1S/C23H21N3O7S/c1-14(27)32-12-17-13-34-22-23(24,26(30)31)21(29)25(22)18(17)20(28)33-19(15-8-4-2-5-9-15)16-10-6-3-7-11-16/h2-11,19,22H,12-13,24H2,1H3/t22-,23-/m1/s1. The van der Waals surface area contributed by atoms with Crippen molar-refractivity contribution in [1.29, 1.82) is 0 Å². The van der Waals surface area contributed by atoms with Crippen LogP contribution in [0, 0.1) is 10.1 Å². The second-order valence-corrected chi connectivity index (χ2v) is 8.83.